The molecule has 2 nitrogen and oxygen atoms in total. The summed E-state index contributed by atoms with van der Waals surface area (Å²) in [7, 11) is 0. The van der Waals surface area contributed by atoms with Crippen molar-refractivity contribution in [3.63, 3.8) is 0 Å². The number of amides is 1. The number of carbonyl (C=O) groups is 1. The van der Waals surface area contributed by atoms with Crippen molar-refractivity contribution in [2.75, 3.05) is 11.6 Å². The number of anilines is 1. The Morgan fingerprint density at radius 3 is 2.24 bits per heavy atom. The normalized spacial score (nSPS) is 11.2. The van der Waals surface area contributed by atoms with Crippen LogP contribution in [0.3, 0.4) is 0 Å². The van der Waals surface area contributed by atoms with Gasteiger partial charge in [0.1, 0.15) is 0 Å². The molecule has 2 aromatic carbocycles. The molecule has 0 unspecified atom stereocenters. The molecule has 0 aliphatic rings. The quantitative estimate of drug-likeness (QED) is 0.550. The molecule has 1 amide bonds. The van der Waals surface area contributed by atoms with Crippen molar-refractivity contribution < 1.29 is 4.79 Å². The van der Waals surface area contributed by atoms with Crippen LogP contribution >= 0.6 is 35.0 Å². The van der Waals surface area contributed by atoms with Crippen molar-refractivity contribution in [2.24, 2.45) is 0 Å². The summed E-state index contributed by atoms with van der Waals surface area (Å²) in [5.74, 6) is -0.107. The van der Waals surface area contributed by atoms with Gasteiger partial charge < -0.3 is 5.32 Å². The van der Waals surface area contributed by atoms with Crippen LogP contribution in [0.2, 0.25) is 10.0 Å². The Morgan fingerprint density at radius 2 is 1.64 bits per heavy atom. The minimum atomic E-state index is -0.107. The fourth-order valence-corrected chi connectivity index (χ4v) is 2.73. The summed E-state index contributed by atoms with van der Waals surface area (Å²) in [4.78, 5) is 13.4. The molecule has 0 aliphatic heterocycles. The van der Waals surface area contributed by atoms with Crippen molar-refractivity contribution in [3.8, 4) is 11.1 Å². The first-order valence-electron chi connectivity index (χ1n) is 8.01. The molecule has 1 N–H and O–H groups in total. The number of thioether (sulfide) groups is 1. The summed E-state index contributed by atoms with van der Waals surface area (Å²) >= 11 is 13.6. The van der Waals surface area contributed by atoms with E-state index in [0.29, 0.717) is 15.6 Å². The zero-order valence-corrected chi connectivity index (χ0v) is 17.4. The van der Waals surface area contributed by atoms with E-state index < -0.39 is 0 Å². The van der Waals surface area contributed by atoms with Crippen LogP contribution in [0.25, 0.3) is 11.1 Å². The van der Waals surface area contributed by atoms with E-state index in [1.54, 1.807) is 23.9 Å². The second kappa shape index (κ2) is 10.5. The average Bonchev–Trinajstić information content (AvgIpc) is 2.64. The molecule has 134 valence electrons. The maximum Gasteiger partial charge on any atom is 0.252 e. The Balaban J connectivity index is 0.00000151. The van der Waals surface area contributed by atoms with E-state index in [1.807, 2.05) is 64.3 Å². The second-order valence-corrected chi connectivity index (χ2v) is 6.85. The van der Waals surface area contributed by atoms with Gasteiger partial charge in [0.2, 0.25) is 0 Å². The Morgan fingerprint density at radius 1 is 1.00 bits per heavy atom. The van der Waals surface area contributed by atoms with Gasteiger partial charge in [-0.05, 0) is 48.8 Å². The van der Waals surface area contributed by atoms with Gasteiger partial charge in [0, 0.05) is 16.8 Å². The van der Waals surface area contributed by atoms with Crippen LogP contribution < -0.4 is 5.32 Å². The molecule has 0 bridgehead atoms. The van der Waals surface area contributed by atoms with Gasteiger partial charge in [0.15, 0.2) is 0 Å². The maximum atomic E-state index is 12.4. The SMILES string of the molecule is CC.CS/C(C)=C(\C)C(=O)Nc1ccccc1-c1ccc(Cl)c(Cl)c1. The lowest BCUT2D eigenvalue weighted by Crippen LogP contribution is -2.14. The van der Waals surface area contributed by atoms with Gasteiger partial charge in [0.05, 0.1) is 10.0 Å². The van der Waals surface area contributed by atoms with E-state index in [-0.39, 0.29) is 5.91 Å². The first-order valence-corrected chi connectivity index (χ1v) is 9.99. The second-order valence-electron chi connectivity index (χ2n) is 5.01. The van der Waals surface area contributed by atoms with Crippen LogP contribution in [0.5, 0.6) is 0 Å². The molecule has 0 radical (unpaired) electrons. The number of hydrogen-bond acceptors (Lipinski definition) is 2. The van der Waals surface area contributed by atoms with Crippen LogP contribution in [0.15, 0.2) is 52.9 Å². The molecular weight excluding hydrogens is 373 g/mol. The molecule has 0 saturated heterocycles. The van der Waals surface area contributed by atoms with E-state index in [2.05, 4.69) is 5.32 Å². The highest BCUT2D eigenvalue weighted by Crippen LogP contribution is 2.33. The molecule has 25 heavy (non-hydrogen) atoms. The minimum Gasteiger partial charge on any atom is -0.322 e. The highest BCUT2D eigenvalue weighted by Gasteiger charge is 2.12. The largest absolute Gasteiger partial charge is 0.322 e. The third-order valence-electron chi connectivity index (χ3n) is 3.58. The molecule has 0 aromatic heterocycles. The zero-order chi connectivity index (χ0) is 19.0. The van der Waals surface area contributed by atoms with Crippen LogP contribution in [-0.2, 0) is 4.79 Å². The number of benzene rings is 2. The maximum absolute atomic E-state index is 12.4. The van der Waals surface area contributed by atoms with Gasteiger partial charge in [-0.3, -0.25) is 4.79 Å². The van der Waals surface area contributed by atoms with Crippen molar-refractivity contribution in [1.82, 2.24) is 0 Å². The number of para-hydroxylation sites is 1. The van der Waals surface area contributed by atoms with Crippen molar-refractivity contribution in [3.05, 3.63) is 63.0 Å². The lowest BCUT2D eigenvalue weighted by Gasteiger charge is -2.13. The van der Waals surface area contributed by atoms with Gasteiger partial charge >= 0.3 is 0 Å². The predicted octanol–water partition coefficient (Wildman–Crippen LogP) is 7.28. The summed E-state index contributed by atoms with van der Waals surface area (Å²) in [5, 5.41) is 3.96. The molecule has 0 saturated carbocycles. The van der Waals surface area contributed by atoms with Gasteiger partial charge in [-0.15, -0.1) is 11.8 Å². The van der Waals surface area contributed by atoms with Crippen LogP contribution in [0, 0.1) is 0 Å². The fourth-order valence-electron chi connectivity index (χ4n) is 2.04. The molecule has 2 rings (SSSR count). The number of halogens is 2. The number of nitrogens with one attached hydrogen (secondary N) is 1. The van der Waals surface area contributed by atoms with Gasteiger partial charge in [0.25, 0.3) is 5.91 Å². The van der Waals surface area contributed by atoms with Gasteiger partial charge in [-0.2, -0.15) is 0 Å². The smallest absolute Gasteiger partial charge is 0.252 e. The third-order valence-corrected chi connectivity index (χ3v) is 5.24. The molecule has 5 heteroatoms. The molecule has 0 spiro atoms. The van der Waals surface area contributed by atoms with Crippen molar-refractivity contribution in [1.29, 1.82) is 0 Å². The van der Waals surface area contributed by atoms with E-state index in [1.165, 1.54) is 0 Å². The summed E-state index contributed by atoms with van der Waals surface area (Å²) < 4.78 is 0. The first-order chi connectivity index (χ1) is 11.9. The minimum absolute atomic E-state index is 0.107. The monoisotopic (exact) mass is 395 g/mol. The highest BCUT2D eigenvalue weighted by atomic mass is 35.5. The first kappa shape index (κ1) is 21.6. The summed E-state index contributed by atoms with van der Waals surface area (Å²) in [6.45, 7) is 7.76. The van der Waals surface area contributed by atoms with E-state index >= 15 is 0 Å². The standard InChI is InChI=1S/C18H17Cl2NOS.C2H6/c1-11(12(2)23-3)18(22)21-17-7-5-4-6-14(17)13-8-9-15(19)16(20)10-13;1-2/h4-10H,1-3H3,(H,21,22);1-2H3/b12-11+;. The van der Waals surface area contributed by atoms with Crippen molar-refractivity contribution >= 4 is 46.6 Å². The fraction of sp³-hybridized carbons (Fsp3) is 0.250. The molecule has 0 atom stereocenters. The number of rotatable bonds is 4. The lowest BCUT2D eigenvalue weighted by atomic mass is 10.0. The van der Waals surface area contributed by atoms with Crippen LogP contribution in [0.1, 0.15) is 27.7 Å². The Labute approximate surface area is 164 Å². The van der Waals surface area contributed by atoms with E-state index in [0.717, 1.165) is 21.7 Å². The molecule has 0 fully saturated rings. The predicted molar refractivity (Wildman–Crippen MR) is 114 cm³/mol. The summed E-state index contributed by atoms with van der Waals surface area (Å²) in [5.41, 5.74) is 3.25. The number of carbonyl (C=O) groups excluding carboxylic acids is 1. The number of allylic oxidation sites excluding steroid dienone is 1. The zero-order valence-electron chi connectivity index (χ0n) is 15.1. The molecule has 0 heterocycles. The van der Waals surface area contributed by atoms with E-state index in [9.17, 15) is 4.79 Å². The molecular formula is C20H23Cl2NOS. The van der Waals surface area contributed by atoms with Crippen LogP contribution in [-0.4, -0.2) is 12.2 Å². The Bertz CT molecular complexity index is 772. The Kier molecular flexibility index (Phi) is 9.12. The summed E-state index contributed by atoms with van der Waals surface area (Å²) in [6, 6.07) is 13.0. The topological polar surface area (TPSA) is 29.1 Å². The average molecular weight is 396 g/mol. The Hall–Kier alpha value is -1.42. The van der Waals surface area contributed by atoms with Crippen molar-refractivity contribution in [2.45, 2.75) is 27.7 Å². The van der Waals surface area contributed by atoms with Gasteiger partial charge in [-0.25, -0.2) is 0 Å². The molecule has 2 aromatic rings. The van der Waals surface area contributed by atoms with Gasteiger partial charge in [-0.1, -0.05) is 61.3 Å². The lowest BCUT2D eigenvalue weighted by molar-refractivity contribution is -0.112. The summed E-state index contributed by atoms with van der Waals surface area (Å²) in [6.07, 6.45) is 1.95. The van der Waals surface area contributed by atoms with Crippen LogP contribution in [0.4, 0.5) is 5.69 Å². The molecule has 0 aliphatic carbocycles. The third kappa shape index (κ3) is 5.81. The highest BCUT2D eigenvalue weighted by molar-refractivity contribution is 8.02. The van der Waals surface area contributed by atoms with E-state index in [4.69, 9.17) is 23.2 Å². The number of hydrogen-bond donors (Lipinski definition) is 1.